The lowest BCUT2D eigenvalue weighted by Gasteiger charge is -2.21. The van der Waals surface area contributed by atoms with Crippen LogP contribution in [0, 0.1) is 0 Å². The highest BCUT2D eigenvalue weighted by molar-refractivity contribution is 5.86. The van der Waals surface area contributed by atoms with E-state index in [4.69, 9.17) is 0 Å². The molecule has 0 radical (unpaired) electrons. The largest absolute Gasteiger partial charge is 0.384 e. The minimum atomic E-state index is 0.133. The molecule has 0 spiro atoms. The molecule has 3 heteroatoms. The van der Waals surface area contributed by atoms with E-state index in [0.29, 0.717) is 6.54 Å². The fourth-order valence-corrected chi connectivity index (χ4v) is 3.99. The molecule has 0 fully saturated rings. The molecule has 34 heavy (non-hydrogen) atoms. The van der Waals surface area contributed by atoms with Crippen LogP contribution in [0.1, 0.15) is 29.7 Å². The van der Waals surface area contributed by atoms with E-state index in [-0.39, 0.29) is 6.04 Å². The fraction of sp³-hybridized carbons (Fsp3) is 0.161. The highest BCUT2D eigenvalue weighted by Gasteiger charge is 2.12. The molecule has 0 aliphatic carbocycles. The molecule has 174 valence electrons. The summed E-state index contributed by atoms with van der Waals surface area (Å²) >= 11 is 0. The molecule has 0 saturated heterocycles. The zero-order valence-electron chi connectivity index (χ0n) is 20.1. The summed E-state index contributed by atoms with van der Waals surface area (Å²) < 4.78 is 0. The van der Waals surface area contributed by atoms with Crippen molar-refractivity contribution in [3.05, 3.63) is 139 Å². The Morgan fingerprint density at radius 1 is 0.882 bits per heavy atom. The summed E-state index contributed by atoms with van der Waals surface area (Å²) in [4.78, 5) is 0. The van der Waals surface area contributed by atoms with Crippen molar-refractivity contribution < 1.29 is 0 Å². The van der Waals surface area contributed by atoms with Gasteiger partial charge >= 0.3 is 0 Å². The molecule has 3 rings (SSSR count). The van der Waals surface area contributed by atoms with E-state index < -0.39 is 0 Å². The van der Waals surface area contributed by atoms with Gasteiger partial charge in [0.1, 0.15) is 0 Å². The SMILES string of the molecule is C=C/C=C/CNC(=C)C(=C)NCCc1ccccc1C(=C)NC(C)c1cccc2ccccc12. The normalized spacial score (nSPS) is 11.7. The average molecular weight is 450 g/mol. The van der Waals surface area contributed by atoms with Gasteiger partial charge in [-0.3, -0.25) is 0 Å². The van der Waals surface area contributed by atoms with E-state index in [1.54, 1.807) is 6.08 Å². The summed E-state index contributed by atoms with van der Waals surface area (Å²) in [5.74, 6) is 0. The first-order chi connectivity index (χ1) is 16.5. The number of hydrogen-bond acceptors (Lipinski definition) is 3. The Bertz CT molecular complexity index is 1200. The second kappa shape index (κ2) is 12.3. The van der Waals surface area contributed by atoms with Gasteiger partial charge in [-0.1, -0.05) is 111 Å². The first kappa shape index (κ1) is 24.7. The van der Waals surface area contributed by atoms with Crippen molar-refractivity contribution in [2.45, 2.75) is 19.4 Å². The monoisotopic (exact) mass is 449 g/mol. The minimum Gasteiger partial charge on any atom is -0.384 e. The summed E-state index contributed by atoms with van der Waals surface area (Å²) in [5.41, 5.74) is 6.15. The van der Waals surface area contributed by atoms with Crippen molar-refractivity contribution >= 4 is 16.5 Å². The van der Waals surface area contributed by atoms with E-state index in [9.17, 15) is 0 Å². The van der Waals surface area contributed by atoms with Crippen molar-refractivity contribution in [3.8, 4) is 0 Å². The van der Waals surface area contributed by atoms with Crippen molar-refractivity contribution in [2.24, 2.45) is 0 Å². The van der Waals surface area contributed by atoms with Gasteiger partial charge in [-0.2, -0.15) is 0 Å². The number of nitrogens with one attached hydrogen (secondary N) is 3. The van der Waals surface area contributed by atoms with Crippen LogP contribution in [0.3, 0.4) is 0 Å². The van der Waals surface area contributed by atoms with E-state index in [1.165, 1.54) is 21.9 Å². The summed E-state index contributed by atoms with van der Waals surface area (Å²) in [6.45, 7) is 19.8. The van der Waals surface area contributed by atoms with Crippen LogP contribution < -0.4 is 16.0 Å². The molecule has 1 atom stereocenters. The first-order valence-corrected chi connectivity index (χ1v) is 11.7. The predicted octanol–water partition coefficient (Wildman–Crippen LogP) is 6.65. The van der Waals surface area contributed by atoms with E-state index in [1.807, 2.05) is 12.2 Å². The lowest BCUT2D eigenvalue weighted by Crippen LogP contribution is -2.24. The Morgan fingerprint density at radius 3 is 2.41 bits per heavy atom. The summed E-state index contributed by atoms with van der Waals surface area (Å²) in [7, 11) is 0. The van der Waals surface area contributed by atoms with E-state index in [0.717, 1.165) is 35.6 Å². The Kier molecular flexibility index (Phi) is 8.93. The minimum absolute atomic E-state index is 0.133. The molecule has 0 aliphatic rings. The van der Waals surface area contributed by atoms with Gasteiger partial charge in [0.2, 0.25) is 0 Å². The second-order valence-corrected chi connectivity index (χ2v) is 8.25. The van der Waals surface area contributed by atoms with E-state index >= 15 is 0 Å². The van der Waals surface area contributed by atoms with Crippen LogP contribution in [-0.4, -0.2) is 13.1 Å². The third kappa shape index (κ3) is 6.52. The molecule has 0 heterocycles. The smallest absolute Gasteiger partial charge is 0.0499 e. The van der Waals surface area contributed by atoms with Crippen LogP contribution >= 0.6 is 0 Å². The molecule has 1 unspecified atom stereocenters. The van der Waals surface area contributed by atoms with Gasteiger partial charge in [-0.15, -0.1) is 0 Å². The number of rotatable bonds is 13. The van der Waals surface area contributed by atoms with Gasteiger partial charge in [0.05, 0.1) is 0 Å². The predicted molar refractivity (Wildman–Crippen MR) is 148 cm³/mol. The zero-order chi connectivity index (χ0) is 24.3. The fourth-order valence-electron chi connectivity index (χ4n) is 3.99. The Hall–Kier alpha value is -3.98. The van der Waals surface area contributed by atoms with Gasteiger partial charge in [-0.25, -0.2) is 0 Å². The summed E-state index contributed by atoms with van der Waals surface area (Å²) in [6.07, 6.45) is 6.48. The molecular formula is C31H35N3. The average Bonchev–Trinajstić information content (AvgIpc) is 2.86. The molecule has 3 nitrogen and oxygen atoms in total. The van der Waals surface area contributed by atoms with Gasteiger partial charge in [0.15, 0.2) is 0 Å². The lowest BCUT2D eigenvalue weighted by molar-refractivity contribution is 0.705. The van der Waals surface area contributed by atoms with Crippen molar-refractivity contribution in [3.63, 3.8) is 0 Å². The van der Waals surface area contributed by atoms with Crippen molar-refractivity contribution in [2.75, 3.05) is 13.1 Å². The molecule has 0 bridgehead atoms. The molecule has 0 amide bonds. The Balaban J connectivity index is 1.60. The van der Waals surface area contributed by atoms with Gasteiger partial charge in [0.25, 0.3) is 0 Å². The van der Waals surface area contributed by atoms with Crippen LogP contribution in [0.5, 0.6) is 0 Å². The third-order valence-electron chi connectivity index (χ3n) is 5.83. The topological polar surface area (TPSA) is 36.1 Å². The maximum atomic E-state index is 4.36. The van der Waals surface area contributed by atoms with Gasteiger partial charge < -0.3 is 16.0 Å². The van der Waals surface area contributed by atoms with Crippen molar-refractivity contribution in [1.29, 1.82) is 0 Å². The molecule has 3 aromatic rings. The molecule has 0 aliphatic heterocycles. The number of fused-ring (bicyclic) bond motifs is 1. The number of hydrogen-bond donors (Lipinski definition) is 3. The third-order valence-corrected chi connectivity index (χ3v) is 5.83. The highest BCUT2D eigenvalue weighted by Crippen LogP contribution is 2.26. The molecule has 3 N–H and O–H groups in total. The second-order valence-electron chi connectivity index (χ2n) is 8.25. The van der Waals surface area contributed by atoms with Gasteiger partial charge in [-0.05, 0) is 35.2 Å². The maximum Gasteiger partial charge on any atom is 0.0499 e. The maximum absolute atomic E-state index is 4.36. The standard InChI is InChI=1S/C31H35N3/c1-6-7-12-21-32-23(2)24(3)33-22-20-28-15-8-10-17-29(28)25(4)34-26(5)30-19-13-16-27-14-9-11-18-31(27)30/h6-19,26,32-34H,1-4,20-22H2,5H3/b12-7+. The van der Waals surface area contributed by atoms with Crippen molar-refractivity contribution in [1.82, 2.24) is 16.0 Å². The first-order valence-electron chi connectivity index (χ1n) is 11.7. The number of benzene rings is 3. The van der Waals surface area contributed by atoms with E-state index in [2.05, 4.69) is 116 Å². The van der Waals surface area contributed by atoms with Crippen LogP contribution in [0.25, 0.3) is 16.5 Å². The van der Waals surface area contributed by atoms with Crippen LogP contribution in [0.4, 0.5) is 0 Å². The zero-order valence-corrected chi connectivity index (χ0v) is 20.1. The van der Waals surface area contributed by atoms with Gasteiger partial charge in [0, 0.05) is 41.8 Å². The van der Waals surface area contributed by atoms with Crippen LogP contribution in [0.15, 0.2) is 123 Å². The number of allylic oxidation sites excluding steroid dienone is 2. The molecule has 0 aromatic heterocycles. The molecule has 0 saturated carbocycles. The highest BCUT2D eigenvalue weighted by atomic mass is 15.0. The van der Waals surface area contributed by atoms with Crippen LogP contribution in [-0.2, 0) is 6.42 Å². The lowest BCUT2D eigenvalue weighted by atomic mass is 9.98. The quantitative estimate of drug-likeness (QED) is 0.256. The Labute approximate surface area is 204 Å². The summed E-state index contributed by atoms with van der Waals surface area (Å²) in [5, 5.41) is 12.7. The Morgan fingerprint density at radius 2 is 1.59 bits per heavy atom. The molecule has 3 aromatic carbocycles. The van der Waals surface area contributed by atoms with Crippen LogP contribution in [0.2, 0.25) is 0 Å². The molecular weight excluding hydrogens is 414 g/mol. The summed E-state index contributed by atoms with van der Waals surface area (Å²) in [6, 6.07) is 23.5.